The molecule has 4 atom stereocenters. The Kier molecular flexibility index (Phi) is 8.81. The van der Waals surface area contributed by atoms with E-state index in [4.69, 9.17) is 4.43 Å². The van der Waals surface area contributed by atoms with E-state index in [1.807, 2.05) is 0 Å². The molecule has 198 valence electrons. The molecule has 0 heterocycles. The number of hydrogen-bond donors (Lipinski definition) is 0. The summed E-state index contributed by atoms with van der Waals surface area (Å²) in [6.45, 7) is 18.9. The van der Waals surface area contributed by atoms with Gasteiger partial charge in [0.25, 0.3) is 8.32 Å². The molecule has 0 amide bonds. The van der Waals surface area contributed by atoms with Crippen molar-refractivity contribution in [1.29, 1.82) is 0 Å². The quantitative estimate of drug-likeness (QED) is 0.288. The lowest BCUT2D eigenvalue weighted by Gasteiger charge is -2.47. The van der Waals surface area contributed by atoms with Crippen molar-refractivity contribution in [2.24, 2.45) is 23.7 Å². The van der Waals surface area contributed by atoms with Gasteiger partial charge in [-0.2, -0.15) is 0 Å². The van der Waals surface area contributed by atoms with Crippen molar-refractivity contribution in [3.8, 4) is 0 Å². The Labute approximate surface area is 227 Å². The molecule has 2 aromatic rings. The molecule has 1 nitrogen and oxygen atoms in total. The molecule has 2 heteroatoms. The zero-order valence-electron chi connectivity index (χ0n) is 24.0. The third-order valence-electron chi connectivity index (χ3n) is 8.99. The molecular formula is C35H48OSi. The van der Waals surface area contributed by atoms with E-state index < -0.39 is 8.32 Å². The normalized spacial score (nSPS) is 25.5. The summed E-state index contributed by atoms with van der Waals surface area (Å²) in [4.78, 5) is 0. The SMILES string of the molecule is C=C1CC=CC[C@@H](O[Si](c2ccccc2)(c2ccccc2)C(C)(C)C)C[C@H]2C(C)=CC[C@H](C(C)C)[C@H]2C1. The summed E-state index contributed by atoms with van der Waals surface area (Å²) in [7, 11) is -2.61. The highest BCUT2D eigenvalue weighted by molar-refractivity contribution is 6.99. The molecule has 2 aliphatic rings. The third kappa shape index (κ3) is 5.96. The smallest absolute Gasteiger partial charge is 0.261 e. The monoisotopic (exact) mass is 512 g/mol. The van der Waals surface area contributed by atoms with E-state index in [0.29, 0.717) is 23.7 Å². The first-order chi connectivity index (χ1) is 17.6. The van der Waals surface area contributed by atoms with Gasteiger partial charge in [-0.1, -0.05) is 131 Å². The van der Waals surface area contributed by atoms with Gasteiger partial charge in [0.2, 0.25) is 0 Å². The standard InChI is InChI=1S/C35H48OSi/c1-26(2)32-23-22-28(4)33-25-29(17-15-14-16-27(3)24-34(32)33)36-37(35(5,6)7,30-18-10-8-11-19-30)31-20-12-9-13-21-31/h8-15,18-22,26,29,32-34H,3,16-17,23-25H2,1-2,4-7H3/t29-,32-,33+,34-/m1/s1. The lowest BCUT2D eigenvalue weighted by atomic mass is 9.64. The third-order valence-corrected chi connectivity index (χ3v) is 14.1. The molecule has 0 aliphatic heterocycles. The number of allylic oxidation sites excluding steroid dienone is 4. The predicted octanol–water partition coefficient (Wildman–Crippen LogP) is 8.47. The zero-order valence-corrected chi connectivity index (χ0v) is 25.0. The maximum Gasteiger partial charge on any atom is 0.261 e. The van der Waals surface area contributed by atoms with Crippen molar-refractivity contribution >= 4 is 18.7 Å². The lowest BCUT2D eigenvalue weighted by Crippen LogP contribution is -2.67. The summed E-state index contributed by atoms with van der Waals surface area (Å²) in [6.07, 6.45) is 12.8. The minimum Gasteiger partial charge on any atom is -0.404 e. The number of fused-ring (bicyclic) bond motifs is 1. The van der Waals surface area contributed by atoms with Crippen molar-refractivity contribution in [1.82, 2.24) is 0 Å². The minimum absolute atomic E-state index is 0.0135. The molecule has 0 saturated carbocycles. The molecular weight excluding hydrogens is 464 g/mol. The van der Waals surface area contributed by atoms with Crippen LogP contribution in [0.15, 0.2) is 96.6 Å². The van der Waals surface area contributed by atoms with E-state index in [9.17, 15) is 0 Å². The predicted molar refractivity (Wildman–Crippen MR) is 163 cm³/mol. The van der Waals surface area contributed by atoms with Gasteiger partial charge >= 0.3 is 0 Å². The fourth-order valence-corrected chi connectivity index (χ4v) is 11.7. The average Bonchev–Trinajstić information content (AvgIpc) is 2.86. The van der Waals surface area contributed by atoms with E-state index in [-0.39, 0.29) is 11.1 Å². The molecule has 0 radical (unpaired) electrons. The molecule has 0 spiro atoms. The maximum absolute atomic E-state index is 7.71. The van der Waals surface area contributed by atoms with Crippen LogP contribution in [0.3, 0.4) is 0 Å². The molecule has 0 saturated heterocycles. The van der Waals surface area contributed by atoms with Crippen LogP contribution < -0.4 is 10.4 Å². The lowest BCUT2D eigenvalue weighted by molar-refractivity contribution is 0.111. The Morgan fingerprint density at radius 1 is 0.892 bits per heavy atom. The van der Waals surface area contributed by atoms with Crippen LogP contribution >= 0.6 is 0 Å². The van der Waals surface area contributed by atoms with E-state index in [1.165, 1.54) is 22.4 Å². The fourth-order valence-electron chi connectivity index (χ4n) is 7.04. The Morgan fingerprint density at radius 3 is 2.03 bits per heavy atom. The summed E-state index contributed by atoms with van der Waals surface area (Å²) < 4.78 is 7.71. The van der Waals surface area contributed by atoms with E-state index in [2.05, 4.69) is 127 Å². The Morgan fingerprint density at radius 2 is 1.49 bits per heavy atom. The van der Waals surface area contributed by atoms with Crippen molar-refractivity contribution < 1.29 is 4.43 Å². The van der Waals surface area contributed by atoms with Crippen LogP contribution in [0.5, 0.6) is 0 Å². The highest BCUT2D eigenvalue weighted by Gasteiger charge is 2.51. The van der Waals surface area contributed by atoms with Crippen molar-refractivity contribution in [2.45, 2.75) is 84.8 Å². The summed E-state index contributed by atoms with van der Waals surface area (Å²) in [6, 6.07) is 22.3. The van der Waals surface area contributed by atoms with E-state index in [1.54, 1.807) is 5.57 Å². The average molecular weight is 513 g/mol. The first-order valence-corrected chi connectivity index (χ1v) is 16.3. The first-order valence-electron chi connectivity index (χ1n) is 14.4. The molecule has 2 aromatic carbocycles. The van der Waals surface area contributed by atoms with Gasteiger partial charge in [0.05, 0.1) is 0 Å². The Hall–Kier alpha value is -2.16. The van der Waals surface area contributed by atoms with Gasteiger partial charge in [0.1, 0.15) is 0 Å². The van der Waals surface area contributed by atoms with E-state index >= 15 is 0 Å². The van der Waals surface area contributed by atoms with Crippen molar-refractivity contribution in [3.05, 3.63) is 96.6 Å². The van der Waals surface area contributed by atoms with Crippen LogP contribution in [0.1, 0.15) is 73.6 Å². The second-order valence-corrected chi connectivity index (χ2v) is 17.1. The van der Waals surface area contributed by atoms with Gasteiger partial charge in [-0.15, -0.1) is 0 Å². The van der Waals surface area contributed by atoms with Crippen LogP contribution in [0, 0.1) is 23.7 Å². The molecule has 0 N–H and O–H groups in total. The summed E-state index contributed by atoms with van der Waals surface area (Å²) in [5, 5.41) is 2.73. The molecule has 4 rings (SSSR count). The molecule has 0 unspecified atom stereocenters. The van der Waals surface area contributed by atoms with E-state index in [0.717, 1.165) is 25.7 Å². The van der Waals surface area contributed by atoms with Gasteiger partial charge in [0.15, 0.2) is 0 Å². The summed E-state index contributed by atoms with van der Waals surface area (Å²) >= 11 is 0. The second kappa shape index (κ2) is 11.7. The fraction of sp³-hybridized carbons (Fsp3) is 0.486. The Bertz CT molecular complexity index is 1050. The summed E-state index contributed by atoms with van der Waals surface area (Å²) in [5.41, 5.74) is 2.95. The minimum atomic E-state index is -2.61. The van der Waals surface area contributed by atoms with Gasteiger partial charge in [-0.25, -0.2) is 0 Å². The summed E-state index contributed by atoms with van der Waals surface area (Å²) in [5.74, 6) is 2.59. The van der Waals surface area contributed by atoms with Gasteiger partial charge in [-0.3, -0.25) is 0 Å². The molecule has 2 aliphatic carbocycles. The molecule has 0 bridgehead atoms. The first kappa shape index (κ1) is 27.9. The second-order valence-electron chi connectivity index (χ2n) is 12.9. The maximum atomic E-state index is 7.71. The number of rotatable bonds is 5. The van der Waals surface area contributed by atoms with Crippen LogP contribution in [0.2, 0.25) is 5.04 Å². The molecule has 37 heavy (non-hydrogen) atoms. The Balaban J connectivity index is 1.81. The van der Waals surface area contributed by atoms with Gasteiger partial charge < -0.3 is 4.43 Å². The van der Waals surface area contributed by atoms with Crippen LogP contribution in [-0.4, -0.2) is 14.4 Å². The zero-order chi connectivity index (χ0) is 26.6. The van der Waals surface area contributed by atoms with Gasteiger partial charge in [0, 0.05) is 6.10 Å². The topological polar surface area (TPSA) is 9.23 Å². The highest BCUT2D eigenvalue weighted by Crippen LogP contribution is 2.46. The highest BCUT2D eigenvalue weighted by atomic mass is 28.4. The largest absolute Gasteiger partial charge is 0.404 e. The number of benzene rings is 2. The number of hydrogen-bond acceptors (Lipinski definition) is 1. The molecule has 0 fully saturated rings. The van der Waals surface area contributed by atoms with Gasteiger partial charge in [-0.05, 0) is 78.1 Å². The van der Waals surface area contributed by atoms with Crippen molar-refractivity contribution in [2.75, 3.05) is 0 Å². The van der Waals surface area contributed by atoms with Crippen LogP contribution in [0.4, 0.5) is 0 Å². The van der Waals surface area contributed by atoms with Crippen LogP contribution in [-0.2, 0) is 4.43 Å². The van der Waals surface area contributed by atoms with Crippen LogP contribution in [0.25, 0.3) is 0 Å². The molecule has 0 aromatic heterocycles. The van der Waals surface area contributed by atoms with Crippen molar-refractivity contribution in [3.63, 3.8) is 0 Å².